The molecule has 2 aromatic rings. The zero-order valence-electron chi connectivity index (χ0n) is 13.4. The summed E-state index contributed by atoms with van der Waals surface area (Å²) in [6.07, 6.45) is 1.33. The van der Waals surface area contributed by atoms with Crippen molar-refractivity contribution < 1.29 is 19.0 Å². The lowest BCUT2D eigenvalue weighted by Gasteiger charge is -2.31. The van der Waals surface area contributed by atoms with E-state index in [1.807, 2.05) is 27.7 Å². The lowest BCUT2D eigenvalue weighted by atomic mass is 9.84. The largest absolute Gasteiger partial charge is 0.489 e. The SMILES string of the molecule is C[C@H]1COc2c(C(C)(C)C)c(F)cc3c(=O)c(C(=O)O)cn1c23. The maximum atomic E-state index is 14.7. The van der Waals surface area contributed by atoms with Gasteiger partial charge in [-0.2, -0.15) is 0 Å². The third kappa shape index (κ3) is 2.20. The number of aromatic carboxylic acids is 1. The molecule has 3 rings (SSSR count). The van der Waals surface area contributed by atoms with Crippen molar-refractivity contribution in [3.8, 4) is 5.75 Å². The number of aromatic nitrogens is 1. The summed E-state index contributed by atoms with van der Waals surface area (Å²) in [7, 11) is 0. The fourth-order valence-electron chi connectivity index (χ4n) is 3.08. The number of pyridine rings is 1. The number of hydrogen-bond acceptors (Lipinski definition) is 3. The van der Waals surface area contributed by atoms with E-state index in [0.717, 1.165) is 6.07 Å². The first-order valence-electron chi connectivity index (χ1n) is 7.41. The van der Waals surface area contributed by atoms with Crippen LogP contribution in [0.15, 0.2) is 17.1 Å². The number of carboxylic acid groups (broad SMARTS) is 1. The summed E-state index contributed by atoms with van der Waals surface area (Å²) in [5, 5.41) is 9.27. The summed E-state index contributed by atoms with van der Waals surface area (Å²) >= 11 is 0. The summed E-state index contributed by atoms with van der Waals surface area (Å²) in [6.45, 7) is 7.74. The molecule has 0 radical (unpaired) electrons. The number of ether oxygens (including phenoxy) is 1. The van der Waals surface area contributed by atoms with Gasteiger partial charge >= 0.3 is 5.97 Å². The van der Waals surface area contributed by atoms with E-state index >= 15 is 0 Å². The number of halogens is 1. The van der Waals surface area contributed by atoms with E-state index in [-0.39, 0.29) is 23.6 Å². The molecule has 2 heterocycles. The summed E-state index contributed by atoms with van der Waals surface area (Å²) in [6, 6.07) is 0.980. The summed E-state index contributed by atoms with van der Waals surface area (Å²) in [5.74, 6) is -1.54. The third-order valence-corrected chi connectivity index (χ3v) is 4.15. The minimum Gasteiger partial charge on any atom is -0.489 e. The van der Waals surface area contributed by atoms with Crippen LogP contribution >= 0.6 is 0 Å². The van der Waals surface area contributed by atoms with E-state index in [4.69, 9.17) is 4.74 Å². The summed E-state index contributed by atoms with van der Waals surface area (Å²) in [4.78, 5) is 23.7. The van der Waals surface area contributed by atoms with Gasteiger partial charge in [-0.25, -0.2) is 9.18 Å². The van der Waals surface area contributed by atoms with Gasteiger partial charge in [0.05, 0.1) is 16.9 Å². The van der Waals surface area contributed by atoms with Crippen molar-refractivity contribution >= 4 is 16.9 Å². The Balaban J connectivity index is 2.56. The lowest BCUT2D eigenvalue weighted by Crippen LogP contribution is -2.29. The smallest absolute Gasteiger partial charge is 0.341 e. The van der Waals surface area contributed by atoms with Crippen LogP contribution < -0.4 is 10.2 Å². The van der Waals surface area contributed by atoms with Crippen molar-refractivity contribution in [2.45, 2.75) is 39.2 Å². The van der Waals surface area contributed by atoms with Crippen molar-refractivity contribution in [1.82, 2.24) is 4.57 Å². The first kappa shape index (κ1) is 15.5. The molecular weight excluding hydrogens is 301 g/mol. The number of carboxylic acids is 1. The van der Waals surface area contributed by atoms with Crippen LogP contribution in [0.2, 0.25) is 0 Å². The van der Waals surface area contributed by atoms with Crippen LogP contribution in [0.25, 0.3) is 10.9 Å². The molecule has 1 N–H and O–H groups in total. The van der Waals surface area contributed by atoms with Gasteiger partial charge in [0.2, 0.25) is 5.43 Å². The first-order valence-corrected chi connectivity index (χ1v) is 7.41. The van der Waals surface area contributed by atoms with Gasteiger partial charge in [0.15, 0.2) is 0 Å². The van der Waals surface area contributed by atoms with Crippen molar-refractivity contribution in [2.24, 2.45) is 0 Å². The van der Waals surface area contributed by atoms with Crippen LogP contribution in [-0.2, 0) is 5.41 Å². The monoisotopic (exact) mass is 319 g/mol. The quantitative estimate of drug-likeness (QED) is 0.877. The number of nitrogens with zero attached hydrogens (tertiary/aromatic N) is 1. The maximum absolute atomic E-state index is 14.7. The van der Waals surface area contributed by atoms with Crippen LogP contribution in [0.3, 0.4) is 0 Å². The van der Waals surface area contributed by atoms with Gasteiger partial charge in [-0.15, -0.1) is 0 Å². The standard InChI is InChI=1S/C17H18FNO4/c1-8-7-23-15-12(17(2,3)4)11(18)5-9-13(15)19(8)6-10(14(9)20)16(21)22/h5-6,8H,7H2,1-4H3,(H,21,22)/t8-/m0/s1. The van der Waals surface area contributed by atoms with Crippen LogP contribution in [0.5, 0.6) is 5.75 Å². The van der Waals surface area contributed by atoms with Crippen molar-refractivity contribution in [1.29, 1.82) is 0 Å². The Bertz CT molecular complexity index is 892. The van der Waals surface area contributed by atoms with E-state index in [2.05, 4.69) is 0 Å². The number of hydrogen-bond donors (Lipinski definition) is 1. The van der Waals surface area contributed by atoms with Gasteiger partial charge < -0.3 is 14.4 Å². The summed E-state index contributed by atoms with van der Waals surface area (Å²) < 4.78 is 22.1. The van der Waals surface area contributed by atoms with Gasteiger partial charge in [0, 0.05) is 11.8 Å². The summed E-state index contributed by atoms with van der Waals surface area (Å²) in [5.41, 5.74) is -0.707. The molecule has 1 atom stereocenters. The van der Waals surface area contributed by atoms with Gasteiger partial charge in [-0.1, -0.05) is 20.8 Å². The molecule has 5 nitrogen and oxygen atoms in total. The highest BCUT2D eigenvalue weighted by Gasteiger charge is 2.32. The van der Waals surface area contributed by atoms with Crippen LogP contribution in [0.4, 0.5) is 4.39 Å². The second-order valence-corrected chi connectivity index (χ2v) is 6.95. The second-order valence-electron chi connectivity index (χ2n) is 6.95. The predicted molar refractivity (Wildman–Crippen MR) is 84.0 cm³/mol. The Hall–Kier alpha value is -2.37. The van der Waals surface area contributed by atoms with E-state index in [1.54, 1.807) is 4.57 Å². The molecule has 0 spiro atoms. The first-order chi connectivity index (χ1) is 10.6. The van der Waals surface area contributed by atoms with Gasteiger partial charge in [0.25, 0.3) is 0 Å². The highest BCUT2D eigenvalue weighted by Crippen LogP contribution is 2.41. The van der Waals surface area contributed by atoms with Gasteiger partial charge in [-0.05, 0) is 18.4 Å². The van der Waals surface area contributed by atoms with Crippen LogP contribution in [-0.4, -0.2) is 22.2 Å². The zero-order chi connectivity index (χ0) is 17.1. The van der Waals surface area contributed by atoms with Gasteiger partial charge in [-0.3, -0.25) is 4.79 Å². The maximum Gasteiger partial charge on any atom is 0.341 e. The van der Waals surface area contributed by atoms with Crippen molar-refractivity contribution in [3.05, 3.63) is 39.4 Å². The molecule has 0 saturated heterocycles. The van der Waals surface area contributed by atoms with Crippen molar-refractivity contribution in [3.63, 3.8) is 0 Å². The van der Waals surface area contributed by atoms with E-state index in [1.165, 1.54) is 6.20 Å². The zero-order valence-corrected chi connectivity index (χ0v) is 13.4. The minimum atomic E-state index is -1.32. The Morgan fingerprint density at radius 2 is 2.09 bits per heavy atom. The molecule has 1 aromatic heterocycles. The van der Waals surface area contributed by atoms with Crippen molar-refractivity contribution in [2.75, 3.05) is 6.61 Å². The Kier molecular flexibility index (Phi) is 3.25. The Labute approximate surface area is 132 Å². The fraction of sp³-hybridized carbons (Fsp3) is 0.412. The molecule has 1 aromatic carbocycles. The number of rotatable bonds is 1. The molecule has 0 unspecified atom stereocenters. The van der Waals surface area contributed by atoms with E-state index in [9.17, 15) is 19.1 Å². The van der Waals surface area contributed by atoms with E-state index in [0.29, 0.717) is 16.8 Å². The highest BCUT2D eigenvalue weighted by molar-refractivity contribution is 5.95. The van der Waals surface area contributed by atoms with Crippen LogP contribution in [0.1, 0.15) is 49.7 Å². The normalized spacial score (nSPS) is 17.2. The minimum absolute atomic E-state index is 0.0388. The predicted octanol–water partition coefficient (Wildman–Crippen LogP) is 3.09. The number of benzene rings is 1. The topological polar surface area (TPSA) is 68.5 Å². The molecule has 6 heteroatoms. The molecule has 23 heavy (non-hydrogen) atoms. The molecule has 1 aliphatic heterocycles. The third-order valence-electron chi connectivity index (χ3n) is 4.15. The Morgan fingerprint density at radius 3 is 2.65 bits per heavy atom. The van der Waals surface area contributed by atoms with E-state index < -0.39 is 22.6 Å². The molecule has 0 saturated carbocycles. The van der Waals surface area contributed by atoms with Gasteiger partial charge in [0.1, 0.15) is 23.7 Å². The number of carbonyl (C=O) groups is 1. The highest BCUT2D eigenvalue weighted by atomic mass is 19.1. The average Bonchev–Trinajstić information content (AvgIpc) is 2.42. The molecule has 0 amide bonds. The molecule has 1 aliphatic rings. The lowest BCUT2D eigenvalue weighted by molar-refractivity contribution is 0.0694. The molecule has 0 bridgehead atoms. The Morgan fingerprint density at radius 1 is 1.43 bits per heavy atom. The fourth-order valence-corrected chi connectivity index (χ4v) is 3.08. The van der Waals surface area contributed by atoms with Crippen LogP contribution in [0, 0.1) is 5.82 Å². The second kappa shape index (κ2) is 4.81. The molecule has 0 fully saturated rings. The molecule has 0 aliphatic carbocycles. The average molecular weight is 319 g/mol. The molecular formula is C17H18FNO4. The molecule has 122 valence electrons.